The van der Waals surface area contributed by atoms with Crippen LogP contribution in [-0.4, -0.2) is 10.6 Å². The van der Waals surface area contributed by atoms with Crippen LogP contribution in [0.4, 0.5) is 0 Å². The summed E-state index contributed by atoms with van der Waals surface area (Å²) in [7, 11) is 0. The third-order valence-electron chi connectivity index (χ3n) is 0.971. The van der Waals surface area contributed by atoms with Crippen molar-refractivity contribution in [3.63, 3.8) is 0 Å². The van der Waals surface area contributed by atoms with Crippen LogP contribution in [0.25, 0.3) is 0 Å². The summed E-state index contributed by atoms with van der Waals surface area (Å²) in [6.45, 7) is -10.2. The van der Waals surface area contributed by atoms with Crippen LogP contribution in [0.3, 0.4) is 0 Å². The first kappa shape index (κ1) is 2.98. The number of ether oxygens (including phenoxy) is 1. The van der Waals surface area contributed by atoms with Crippen LogP contribution in [0.1, 0.15) is 32.9 Å². The Bertz CT molecular complexity index is 454. The molecule has 66 valence electrons. The van der Waals surface area contributed by atoms with E-state index in [0.29, 0.717) is 4.60 Å². The zero-order valence-electron chi connectivity index (χ0n) is 15.0. The summed E-state index contributed by atoms with van der Waals surface area (Å²) in [5, 5.41) is 0. The molecule has 0 aliphatic heterocycles. The molecule has 0 saturated carbocycles. The average Bonchev–Trinajstić information content (AvgIpc) is 2.22. The Morgan fingerprint density at radius 2 is 2.25 bits per heavy atom. The number of hydrogen-bond acceptors (Lipinski definition) is 2. The van der Waals surface area contributed by atoms with Gasteiger partial charge in [-0.05, 0) is 48.6 Å². The monoisotopic (exact) mass is 238 g/mol. The first-order valence-corrected chi connectivity index (χ1v) is 3.82. The fourth-order valence-electron chi connectivity index (χ4n) is 0.599. The molecule has 0 N–H and O–H groups in total. The highest BCUT2D eigenvalue weighted by Gasteiger charge is 2.11. The zero-order chi connectivity index (χ0) is 16.7. The SMILES string of the molecule is [2H]C([2H])([2H])C(Oc1ccc(Br)nc1)(C([2H])([2H])[2H])C([2H])([2H])[2H]. The fourth-order valence-corrected chi connectivity index (χ4v) is 0.834. The van der Waals surface area contributed by atoms with Crippen LogP contribution in [0.5, 0.6) is 5.75 Å². The highest BCUT2D eigenvalue weighted by atomic mass is 79.9. The lowest BCUT2D eigenvalue weighted by atomic mass is 10.2. The molecule has 12 heavy (non-hydrogen) atoms. The molecule has 0 amide bonds. The Morgan fingerprint density at radius 1 is 1.50 bits per heavy atom. The normalized spacial score (nSPS) is 25.6. The number of hydrogen-bond donors (Lipinski definition) is 0. The van der Waals surface area contributed by atoms with Gasteiger partial charge in [0, 0.05) is 12.3 Å². The molecule has 0 atom stereocenters. The molecule has 1 heterocycles. The second-order valence-electron chi connectivity index (χ2n) is 2.10. The number of halogens is 1. The molecule has 0 aromatic carbocycles. The van der Waals surface area contributed by atoms with Crippen molar-refractivity contribution in [1.82, 2.24) is 4.98 Å². The predicted octanol–water partition coefficient (Wildman–Crippen LogP) is 3.02. The largest absolute Gasteiger partial charge is 0.487 e. The van der Waals surface area contributed by atoms with Crippen molar-refractivity contribution in [2.45, 2.75) is 26.2 Å². The van der Waals surface area contributed by atoms with Crippen molar-refractivity contribution in [2.75, 3.05) is 0 Å². The Kier molecular flexibility index (Phi) is 0.853. The van der Waals surface area contributed by atoms with Crippen LogP contribution in [0.15, 0.2) is 22.9 Å². The van der Waals surface area contributed by atoms with E-state index in [4.69, 9.17) is 17.1 Å². The summed E-state index contributed by atoms with van der Waals surface area (Å²) in [5.41, 5.74) is -3.34. The van der Waals surface area contributed by atoms with E-state index in [2.05, 4.69) is 20.9 Å². The smallest absolute Gasteiger partial charge is 0.138 e. The molecule has 0 aliphatic carbocycles. The van der Waals surface area contributed by atoms with Gasteiger partial charge in [-0.15, -0.1) is 0 Å². The quantitative estimate of drug-likeness (QED) is 0.703. The Labute approximate surface area is 93.7 Å². The van der Waals surface area contributed by atoms with E-state index in [0.717, 1.165) is 6.20 Å². The molecule has 0 saturated heterocycles. The molecular weight excluding hydrogens is 218 g/mol. The Morgan fingerprint density at radius 3 is 2.75 bits per heavy atom. The van der Waals surface area contributed by atoms with Gasteiger partial charge in [0.2, 0.25) is 0 Å². The molecule has 1 aromatic heterocycles. The standard InChI is InChI=1S/C9H12BrNO/c1-9(2,3)12-7-4-5-8(10)11-6-7/h4-6H,1-3H3/i1D3,2D3,3D3. The summed E-state index contributed by atoms with van der Waals surface area (Å²) >= 11 is 3.04. The molecule has 1 aromatic rings. The van der Waals surface area contributed by atoms with Crippen molar-refractivity contribution in [2.24, 2.45) is 0 Å². The third kappa shape index (κ3) is 3.22. The number of nitrogens with zero attached hydrogens (tertiary/aromatic N) is 1. The second-order valence-corrected chi connectivity index (χ2v) is 2.91. The predicted molar refractivity (Wildman–Crippen MR) is 52.3 cm³/mol. The summed E-state index contributed by atoms with van der Waals surface area (Å²) < 4.78 is 72.0. The number of pyridine rings is 1. The van der Waals surface area contributed by atoms with Crippen LogP contribution in [-0.2, 0) is 0 Å². The van der Waals surface area contributed by atoms with Crippen molar-refractivity contribution < 1.29 is 17.1 Å². The maximum absolute atomic E-state index is 7.40. The fraction of sp³-hybridized carbons (Fsp3) is 0.444. The minimum Gasteiger partial charge on any atom is -0.487 e. The molecule has 1 rings (SSSR count). The molecule has 0 unspecified atom stereocenters. The molecule has 0 spiro atoms. The van der Waals surface area contributed by atoms with Gasteiger partial charge in [-0.1, -0.05) is 0 Å². The van der Waals surface area contributed by atoms with Crippen molar-refractivity contribution in [1.29, 1.82) is 0 Å². The van der Waals surface area contributed by atoms with Gasteiger partial charge in [0.1, 0.15) is 16.0 Å². The number of rotatable bonds is 1. The van der Waals surface area contributed by atoms with Gasteiger partial charge in [0.15, 0.2) is 0 Å². The van der Waals surface area contributed by atoms with Crippen LogP contribution >= 0.6 is 15.9 Å². The molecule has 2 nitrogen and oxygen atoms in total. The maximum atomic E-state index is 7.40. The molecule has 0 bridgehead atoms. The summed E-state index contributed by atoms with van der Waals surface area (Å²) in [6, 6.07) is 2.60. The minimum atomic E-state index is -3.41. The molecule has 0 radical (unpaired) electrons. The summed E-state index contributed by atoms with van der Waals surface area (Å²) in [5.74, 6) is -0.262. The zero-order valence-corrected chi connectivity index (χ0v) is 7.55. The lowest BCUT2D eigenvalue weighted by Crippen LogP contribution is -2.22. The van der Waals surface area contributed by atoms with Crippen LogP contribution < -0.4 is 4.74 Å². The van der Waals surface area contributed by atoms with E-state index < -0.39 is 26.2 Å². The Hall–Kier alpha value is -0.570. The third-order valence-corrected chi connectivity index (χ3v) is 1.44. The van der Waals surface area contributed by atoms with Gasteiger partial charge in [0.25, 0.3) is 0 Å². The lowest BCUT2D eigenvalue weighted by molar-refractivity contribution is 0.130. The average molecular weight is 239 g/mol. The van der Waals surface area contributed by atoms with E-state index in [1.54, 1.807) is 0 Å². The molecule has 3 heteroatoms. The van der Waals surface area contributed by atoms with Crippen LogP contribution in [0, 0.1) is 0 Å². The highest BCUT2D eigenvalue weighted by molar-refractivity contribution is 9.10. The van der Waals surface area contributed by atoms with Crippen molar-refractivity contribution in [3.05, 3.63) is 22.9 Å². The van der Waals surface area contributed by atoms with Crippen molar-refractivity contribution >= 4 is 15.9 Å². The summed E-state index contributed by atoms with van der Waals surface area (Å²) in [6.07, 6.45) is 1.04. The molecular formula is C9H12BrNO. The minimum absolute atomic E-state index is 0.262. The summed E-state index contributed by atoms with van der Waals surface area (Å²) in [4.78, 5) is 3.75. The second kappa shape index (κ2) is 3.44. The van der Waals surface area contributed by atoms with Crippen molar-refractivity contribution in [3.8, 4) is 5.75 Å². The first-order chi connectivity index (χ1) is 9.22. The van der Waals surface area contributed by atoms with Gasteiger partial charge >= 0.3 is 0 Å². The van der Waals surface area contributed by atoms with Gasteiger partial charge in [-0.2, -0.15) is 0 Å². The Balaban J connectivity index is 3.47. The van der Waals surface area contributed by atoms with Gasteiger partial charge in [-0.3, -0.25) is 0 Å². The molecule has 0 fully saturated rings. The van der Waals surface area contributed by atoms with Gasteiger partial charge < -0.3 is 4.74 Å². The first-order valence-electron chi connectivity index (χ1n) is 7.53. The van der Waals surface area contributed by atoms with Crippen LogP contribution in [0.2, 0.25) is 0 Å². The van der Waals surface area contributed by atoms with Gasteiger partial charge in [0.05, 0.1) is 6.20 Å². The molecule has 0 aliphatic rings. The van der Waals surface area contributed by atoms with E-state index in [1.165, 1.54) is 12.1 Å². The van der Waals surface area contributed by atoms with E-state index in [9.17, 15) is 0 Å². The lowest BCUT2D eigenvalue weighted by Gasteiger charge is -2.20. The van der Waals surface area contributed by atoms with Gasteiger partial charge in [-0.25, -0.2) is 4.98 Å². The van der Waals surface area contributed by atoms with E-state index in [-0.39, 0.29) is 5.75 Å². The number of aromatic nitrogens is 1. The van der Waals surface area contributed by atoms with E-state index >= 15 is 0 Å². The highest BCUT2D eigenvalue weighted by Crippen LogP contribution is 2.18. The topological polar surface area (TPSA) is 22.1 Å². The maximum Gasteiger partial charge on any atom is 0.138 e. The van der Waals surface area contributed by atoms with E-state index in [1.807, 2.05) is 0 Å².